The number of aromatic nitrogens is 2. The van der Waals surface area contributed by atoms with Crippen LogP contribution >= 0.6 is 11.8 Å². The highest BCUT2D eigenvalue weighted by molar-refractivity contribution is 7.98. The van der Waals surface area contributed by atoms with Gasteiger partial charge in [0.05, 0.1) is 6.04 Å². The molecule has 124 valence electrons. The number of thioether (sulfide) groups is 1. The Hall–Kier alpha value is -1.95. The van der Waals surface area contributed by atoms with Gasteiger partial charge in [0.2, 0.25) is 0 Å². The zero-order valence-electron chi connectivity index (χ0n) is 13.7. The van der Waals surface area contributed by atoms with E-state index in [0.29, 0.717) is 6.54 Å². The fourth-order valence-electron chi connectivity index (χ4n) is 2.37. The molecule has 0 saturated carbocycles. The Bertz CT molecular complexity index is 600. The SMILES string of the molecule is CSC[C@@H](NC(=O)NCCCn1ccnc1C)c1ccccc1. The predicted octanol–water partition coefficient (Wildman–Crippen LogP) is 2.99. The Labute approximate surface area is 141 Å². The summed E-state index contributed by atoms with van der Waals surface area (Å²) in [7, 11) is 0. The van der Waals surface area contributed by atoms with Crippen LogP contribution in [-0.2, 0) is 6.54 Å². The standard InChI is InChI=1S/C17H24N4OS/c1-14-18-10-12-21(14)11-6-9-19-17(22)20-16(13-23-2)15-7-4-3-5-8-15/h3-5,7-8,10,12,16H,6,9,11,13H2,1-2H3,(H2,19,20,22)/t16-/m1/s1. The van der Waals surface area contributed by atoms with Gasteiger partial charge in [0.15, 0.2) is 0 Å². The van der Waals surface area contributed by atoms with E-state index in [4.69, 9.17) is 0 Å². The molecular weight excluding hydrogens is 308 g/mol. The van der Waals surface area contributed by atoms with Crippen molar-refractivity contribution in [2.24, 2.45) is 0 Å². The van der Waals surface area contributed by atoms with Crippen molar-refractivity contribution < 1.29 is 4.79 Å². The molecule has 1 heterocycles. The van der Waals surface area contributed by atoms with Gasteiger partial charge in [-0.2, -0.15) is 11.8 Å². The molecule has 2 rings (SSSR count). The van der Waals surface area contributed by atoms with Gasteiger partial charge in [0.1, 0.15) is 5.82 Å². The maximum Gasteiger partial charge on any atom is 0.315 e. The van der Waals surface area contributed by atoms with Gasteiger partial charge >= 0.3 is 6.03 Å². The smallest absolute Gasteiger partial charge is 0.315 e. The third-order valence-electron chi connectivity index (χ3n) is 3.63. The number of rotatable bonds is 8. The summed E-state index contributed by atoms with van der Waals surface area (Å²) in [6, 6.07) is 9.98. The fraction of sp³-hybridized carbons (Fsp3) is 0.412. The molecule has 0 saturated heterocycles. The monoisotopic (exact) mass is 332 g/mol. The van der Waals surface area contributed by atoms with E-state index in [2.05, 4.69) is 20.2 Å². The number of urea groups is 1. The minimum atomic E-state index is -0.116. The van der Waals surface area contributed by atoms with Crippen molar-refractivity contribution in [2.45, 2.75) is 25.9 Å². The summed E-state index contributed by atoms with van der Waals surface area (Å²) < 4.78 is 2.08. The van der Waals surface area contributed by atoms with Crippen molar-refractivity contribution in [2.75, 3.05) is 18.6 Å². The molecule has 1 aromatic heterocycles. The molecule has 0 aliphatic heterocycles. The van der Waals surface area contributed by atoms with Crippen LogP contribution in [0.15, 0.2) is 42.7 Å². The zero-order chi connectivity index (χ0) is 16.5. The Morgan fingerprint density at radius 1 is 1.35 bits per heavy atom. The van der Waals surface area contributed by atoms with E-state index in [1.165, 1.54) is 0 Å². The van der Waals surface area contributed by atoms with Crippen LogP contribution in [0, 0.1) is 6.92 Å². The molecule has 5 nitrogen and oxygen atoms in total. The van der Waals surface area contributed by atoms with Gasteiger partial charge in [-0.15, -0.1) is 0 Å². The lowest BCUT2D eigenvalue weighted by molar-refractivity contribution is 0.238. The van der Waals surface area contributed by atoms with Gasteiger partial charge in [0.25, 0.3) is 0 Å². The van der Waals surface area contributed by atoms with E-state index in [9.17, 15) is 4.79 Å². The van der Waals surface area contributed by atoms with Crippen molar-refractivity contribution >= 4 is 17.8 Å². The Balaban J connectivity index is 1.75. The molecule has 6 heteroatoms. The first kappa shape index (κ1) is 17.4. The summed E-state index contributed by atoms with van der Waals surface area (Å²) in [6.45, 7) is 3.48. The number of benzene rings is 1. The second-order valence-electron chi connectivity index (χ2n) is 5.34. The molecular formula is C17H24N4OS. The van der Waals surface area contributed by atoms with Crippen molar-refractivity contribution in [3.63, 3.8) is 0 Å². The van der Waals surface area contributed by atoms with E-state index in [0.717, 1.165) is 30.1 Å². The summed E-state index contributed by atoms with van der Waals surface area (Å²) in [5.41, 5.74) is 1.13. The summed E-state index contributed by atoms with van der Waals surface area (Å²) in [5, 5.41) is 5.98. The van der Waals surface area contributed by atoms with E-state index in [1.54, 1.807) is 18.0 Å². The van der Waals surface area contributed by atoms with Gasteiger partial charge < -0.3 is 15.2 Å². The number of carbonyl (C=O) groups excluding carboxylic acids is 1. The normalized spacial score (nSPS) is 11.9. The molecule has 0 fully saturated rings. The summed E-state index contributed by atoms with van der Waals surface area (Å²) >= 11 is 1.72. The molecule has 0 aliphatic rings. The largest absolute Gasteiger partial charge is 0.338 e. The average Bonchev–Trinajstić information content (AvgIpc) is 2.97. The zero-order valence-corrected chi connectivity index (χ0v) is 14.5. The van der Waals surface area contributed by atoms with Crippen LogP contribution in [0.1, 0.15) is 23.9 Å². The van der Waals surface area contributed by atoms with E-state index >= 15 is 0 Å². The van der Waals surface area contributed by atoms with Crippen LogP contribution in [0.25, 0.3) is 0 Å². The molecule has 1 aromatic carbocycles. The third kappa shape index (κ3) is 5.63. The Kier molecular flexibility index (Phi) is 7.00. The fourth-order valence-corrected chi connectivity index (χ4v) is 2.98. The molecule has 0 unspecified atom stereocenters. The van der Waals surface area contributed by atoms with Crippen molar-refractivity contribution in [3.8, 4) is 0 Å². The lowest BCUT2D eigenvalue weighted by Crippen LogP contribution is -2.39. The summed E-state index contributed by atoms with van der Waals surface area (Å²) in [4.78, 5) is 16.3. The van der Waals surface area contributed by atoms with Gasteiger partial charge in [-0.05, 0) is 25.2 Å². The van der Waals surface area contributed by atoms with Crippen LogP contribution in [0.3, 0.4) is 0 Å². The number of aryl methyl sites for hydroxylation is 2. The minimum absolute atomic E-state index is 0.0297. The first-order valence-electron chi connectivity index (χ1n) is 7.76. The highest BCUT2D eigenvalue weighted by atomic mass is 32.2. The first-order chi connectivity index (χ1) is 11.2. The summed E-state index contributed by atoms with van der Waals surface area (Å²) in [5.74, 6) is 1.85. The molecule has 0 spiro atoms. The lowest BCUT2D eigenvalue weighted by Gasteiger charge is -2.18. The minimum Gasteiger partial charge on any atom is -0.338 e. The maximum absolute atomic E-state index is 12.1. The van der Waals surface area contributed by atoms with Crippen LogP contribution in [0.5, 0.6) is 0 Å². The quantitative estimate of drug-likeness (QED) is 0.731. The topological polar surface area (TPSA) is 59.0 Å². The number of amides is 2. The third-order valence-corrected chi connectivity index (χ3v) is 4.29. The van der Waals surface area contributed by atoms with Gasteiger partial charge in [-0.3, -0.25) is 0 Å². The number of imidazole rings is 1. The second kappa shape index (κ2) is 9.25. The summed E-state index contributed by atoms with van der Waals surface area (Å²) in [6.07, 6.45) is 6.67. The number of hydrogen-bond acceptors (Lipinski definition) is 3. The highest BCUT2D eigenvalue weighted by Gasteiger charge is 2.13. The second-order valence-corrected chi connectivity index (χ2v) is 6.25. The highest BCUT2D eigenvalue weighted by Crippen LogP contribution is 2.16. The average molecular weight is 332 g/mol. The Morgan fingerprint density at radius 3 is 2.78 bits per heavy atom. The van der Waals surface area contributed by atoms with Crippen LogP contribution in [-0.4, -0.2) is 34.1 Å². The van der Waals surface area contributed by atoms with Crippen LogP contribution < -0.4 is 10.6 Å². The first-order valence-corrected chi connectivity index (χ1v) is 9.16. The Morgan fingerprint density at radius 2 is 2.13 bits per heavy atom. The predicted molar refractivity (Wildman–Crippen MR) is 95.7 cm³/mol. The molecule has 0 aliphatic carbocycles. The van der Waals surface area contributed by atoms with Crippen molar-refractivity contribution in [1.82, 2.24) is 20.2 Å². The van der Waals surface area contributed by atoms with Gasteiger partial charge in [-0.25, -0.2) is 9.78 Å². The van der Waals surface area contributed by atoms with Gasteiger partial charge in [-0.1, -0.05) is 30.3 Å². The molecule has 2 amide bonds. The van der Waals surface area contributed by atoms with Crippen LogP contribution in [0.2, 0.25) is 0 Å². The van der Waals surface area contributed by atoms with Crippen molar-refractivity contribution in [3.05, 3.63) is 54.1 Å². The van der Waals surface area contributed by atoms with E-state index in [1.807, 2.05) is 49.7 Å². The van der Waals surface area contributed by atoms with Crippen LogP contribution in [0.4, 0.5) is 4.79 Å². The maximum atomic E-state index is 12.1. The van der Waals surface area contributed by atoms with E-state index in [-0.39, 0.29) is 12.1 Å². The molecule has 2 N–H and O–H groups in total. The molecule has 1 atom stereocenters. The molecule has 23 heavy (non-hydrogen) atoms. The number of carbonyl (C=O) groups is 1. The number of hydrogen-bond donors (Lipinski definition) is 2. The van der Waals surface area contributed by atoms with Crippen molar-refractivity contribution in [1.29, 1.82) is 0 Å². The van der Waals surface area contributed by atoms with E-state index < -0.39 is 0 Å². The molecule has 2 aromatic rings. The molecule has 0 bridgehead atoms. The van der Waals surface area contributed by atoms with Gasteiger partial charge in [0, 0.05) is 31.2 Å². The lowest BCUT2D eigenvalue weighted by atomic mass is 10.1. The number of nitrogens with zero attached hydrogens (tertiary/aromatic N) is 2. The number of nitrogens with one attached hydrogen (secondary N) is 2. The molecule has 0 radical (unpaired) electrons.